The maximum absolute atomic E-state index is 12.4. The molecule has 0 aromatic rings. The number of hydrogen-bond acceptors (Lipinski definition) is 1. The third-order valence-corrected chi connectivity index (χ3v) is 1.78. The molecule has 0 saturated carbocycles. The minimum atomic E-state index is -6.42. The van der Waals surface area contributed by atoms with Gasteiger partial charge in [0.15, 0.2) is 0 Å². The normalized spacial score (nSPS) is 27.3. The molecule has 0 atom stereocenters. The highest BCUT2D eigenvalue weighted by Crippen LogP contribution is 2.57. The van der Waals surface area contributed by atoms with Crippen molar-refractivity contribution in [3.05, 3.63) is 0 Å². The van der Waals surface area contributed by atoms with Crippen molar-refractivity contribution in [2.75, 3.05) is 0 Å². The Morgan fingerprint density at radius 2 is 1.31 bits per heavy atom. The minimum absolute atomic E-state index is 2.76. The Balaban J connectivity index is 3.42. The van der Waals surface area contributed by atoms with Crippen molar-refractivity contribution < 1.29 is 44.3 Å². The first-order valence-electron chi connectivity index (χ1n) is 3.33. The number of hydrogen-bond donors (Lipinski definition) is 0. The molecule has 1 amide bonds. The van der Waals surface area contributed by atoms with Crippen molar-refractivity contribution in [1.82, 2.24) is 4.90 Å². The lowest BCUT2D eigenvalue weighted by molar-refractivity contribution is -0.355. The summed E-state index contributed by atoms with van der Waals surface area (Å²) in [5.41, 5.74) is 0. The molecular formula is C5F9NO. The molecule has 1 aliphatic heterocycles. The van der Waals surface area contributed by atoms with Gasteiger partial charge in [-0.2, -0.15) is 31.2 Å². The monoisotopic (exact) mass is 261 g/mol. The molecule has 1 aliphatic rings. The first kappa shape index (κ1) is 12.9. The quantitative estimate of drug-likeness (QED) is 0.483. The van der Waals surface area contributed by atoms with Crippen LogP contribution in [0.5, 0.6) is 0 Å². The van der Waals surface area contributed by atoms with Gasteiger partial charge in [0.1, 0.15) is 0 Å². The second-order valence-electron chi connectivity index (χ2n) is 2.80. The van der Waals surface area contributed by atoms with Crippen LogP contribution in [0.15, 0.2) is 0 Å². The fraction of sp³-hybridized carbons (Fsp3) is 0.800. The fourth-order valence-corrected chi connectivity index (χ4v) is 1.01. The van der Waals surface area contributed by atoms with Crippen molar-refractivity contribution in [3.63, 3.8) is 0 Å². The van der Waals surface area contributed by atoms with E-state index in [1.807, 2.05) is 0 Å². The summed E-state index contributed by atoms with van der Waals surface area (Å²) >= 11 is 0. The van der Waals surface area contributed by atoms with Crippen LogP contribution < -0.4 is 0 Å². The van der Waals surface area contributed by atoms with E-state index in [0.717, 1.165) is 0 Å². The SMILES string of the molecule is O=C1N(C(F)(F)F)C(F)(F)C(F)(F)C1(F)F. The van der Waals surface area contributed by atoms with Crippen LogP contribution in [-0.2, 0) is 4.79 Å². The van der Waals surface area contributed by atoms with Gasteiger partial charge in [0, 0.05) is 0 Å². The van der Waals surface area contributed by atoms with Crippen LogP contribution in [-0.4, -0.2) is 35.0 Å². The van der Waals surface area contributed by atoms with Crippen LogP contribution in [0, 0.1) is 0 Å². The Morgan fingerprint density at radius 3 is 1.44 bits per heavy atom. The molecule has 0 spiro atoms. The van der Waals surface area contributed by atoms with Crippen LogP contribution in [0.25, 0.3) is 0 Å². The van der Waals surface area contributed by atoms with Gasteiger partial charge in [-0.15, -0.1) is 13.2 Å². The zero-order valence-corrected chi connectivity index (χ0v) is 6.76. The van der Waals surface area contributed by atoms with Crippen LogP contribution >= 0.6 is 0 Å². The molecule has 0 aliphatic carbocycles. The summed E-state index contributed by atoms with van der Waals surface area (Å²) < 4.78 is 109. The second-order valence-corrected chi connectivity index (χ2v) is 2.80. The smallest absolute Gasteiger partial charge is 0.267 e. The summed E-state index contributed by atoms with van der Waals surface area (Å²) in [6.07, 6.45) is -6.33. The Morgan fingerprint density at radius 1 is 0.938 bits per heavy atom. The molecule has 2 nitrogen and oxygen atoms in total. The van der Waals surface area contributed by atoms with Crippen LogP contribution in [0.1, 0.15) is 0 Å². The van der Waals surface area contributed by atoms with Gasteiger partial charge in [-0.05, 0) is 0 Å². The number of rotatable bonds is 0. The summed E-state index contributed by atoms with van der Waals surface area (Å²) in [4.78, 5) is 7.44. The lowest BCUT2D eigenvalue weighted by atomic mass is 10.2. The lowest BCUT2D eigenvalue weighted by Gasteiger charge is -2.26. The van der Waals surface area contributed by atoms with E-state index in [4.69, 9.17) is 0 Å². The summed E-state index contributed by atoms with van der Waals surface area (Å²) in [7, 11) is 0. The Bertz CT molecular complexity index is 331. The standard InChI is InChI=1S/C5F9NO/c6-2(7)1(16)15(5(12,13)14)4(10,11)3(2,8)9. The van der Waals surface area contributed by atoms with E-state index in [0.29, 0.717) is 0 Å². The summed E-state index contributed by atoms with van der Waals surface area (Å²) in [6.45, 7) is 0. The first-order chi connectivity index (χ1) is 6.78. The highest BCUT2D eigenvalue weighted by Gasteiger charge is 2.89. The van der Waals surface area contributed by atoms with Gasteiger partial charge in [-0.3, -0.25) is 4.79 Å². The van der Waals surface area contributed by atoms with Gasteiger partial charge < -0.3 is 0 Å². The molecule has 1 heterocycles. The molecule has 0 aromatic carbocycles. The highest BCUT2D eigenvalue weighted by molar-refractivity contribution is 5.88. The third-order valence-electron chi connectivity index (χ3n) is 1.78. The highest BCUT2D eigenvalue weighted by atomic mass is 19.4. The van der Waals surface area contributed by atoms with Gasteiger partial charge in [0.2, 0.25) is 0 Å². The zero-order valence-electron chi connectivity index (χ0n) is 6.76. The van der Waals surface area contributed by atoms with Gasteiger partial charge >= 0.3 is 30.1 Å². The topological polar surface area (TPSA) is 20.3 Å². The van der Waals surface area contributed by atoms with Crippen molar-refractivity contribution >= 4 is 5.91 Å². The number of carbonyl (C=O) groups excluding carboxylic acids is 1. The largest absolute Gasteiger partial charge is 0.492 e. The number of amides is 1. The molecule has 0 bridgehead atoms. The van der Waals surface area contributed by atoms with Gasteiger partial charge in [-0.25, -0.2) is 0 Å². The number of carbonyl (C=O) groups is 1. The molecule has 0 N–H and O–H groups in total. The average Bonchev–Trinajstić information content (AvgIpc) is 2.06. The van der Waals surface area contributed by atoms with Crippen LogP contribution in [0.4, 0.5) is 39.5 Å². The van der Waals surface area contributed by atoms with Gasteiger partial charge in [0.25, 0.3) is 0 Å². The van der Waals surface area contributed by atoms with E-state index < -0.39 is 35.0 Å². The average molecular weight is 261 g/mol. The van der Waals surface area contributed by atoms with E-state index in [1.54, 1.807) is 0 Å². The Labute approximate surface area is 80.6 Å². The maximum Gasteiger partial charge on any atom is 0.492 e. The van der Waals surface area contributed by atoms with E-state index >= 15 is 0 Å². The minimum Gasteiger partial charge on any atom is -0.267 e. The summed E-state index contributed by atoms with van der Waals surface area (Å²) in [6, 6.07) is -6.33. The molecule has 1 saturated heterocycles. The number of halogens is 9. The van der Waals surface area contributed by atoms with Crippen molar-refractivity contribution in [2.24, 2.45) is 0 Å². The number of nitrogens with zero attached hydrogens (tertiary/aromatic N) is 1. The molecule has 0 unspecified atom stereocenters. The molecule has 0 radical (unpaired) electrons. The van der Waals surface area contributed by atoms with Gasteiger partial charge in [-0.1, -0.05) is 0 Å². The van der Waals surface area contributed by atoms with E-state index in [-0.39, 0.29) is 0 Å². The van der Waals surface area contributed by atoms with Crippen LogP contribution in [0.3, 0.4) is 0 Å². The predicted molar refractivity (Wildman–Crippen MR) is 27.7 cm³/mol. The molecule has 16 heavy (non-hydrogen) atoms. The van der Waals surface area contributed by atoms with Crippen LogP contribution in [0.2, 0.25) is 0 Å². The van der Waals surface area contributed by atoms with Gasteiger partial charge in [0.05, 0.1) is 0 Å². The second kappa shape index (κ2) is 2.74. The van der Waals surface area contributed by atoms with Crippen molar-refractivity contribution in [3.8, 4) is 0 Å². The number of alkyl halides is 9. The predicted octanol–water partition coefficient (Wildman–Crippen LogP) is 2.21. The Kier molecular flexibility index (Phi) is 2.21. The summed E-state index contributed by atoms with van der Waals surface area (Å²) in [5, 5.41) is 0. The van der Waals surface area contributed by atoms with E-state index in [9.17, 15) is 44.3 Å². The third kappa shape index (κ3) is 1.19. The fourth-order valence-electron chi connectivity index (χ4n) is 1.01. The lowest BCUT2D eigenvalue weighted by Crippen LogP contribution is -2.54. The molecular weight excluding hydrogens is 261 g/mol. The van der Waals surface area contributed by atoms with E-state index in [2.05, 4.69) is 0 Å². The first-order valence-corrected chi connectivity index (χ1v) is 3.33. The maximum atomic E-state index is 12.4. The summed E-state index contributed by atoms with van der Waals surface area (Å²) in [5.74, 6) is -16.2. The van der Waals surface area contributed by atoms with E-state index in [1.165, 1.54) is 0 Å². The molecule has 0 aromatic heterocycles. The molecule has 1 rings (SSSR count). The number of likely N-dealkylation sites (tertiary alicyclic amines) is 1. The Hall–Kier alpha value is -1.16. The molecule has 94 valence electrons. The molecule has 1 fully saturated rings. The molecule has 11 heteroatoms. The zero-order chi connectivity index (χ0) is 13.2. The van der Waals surface area contributed by atoms with Crippen molar-refractivity contribution in [1.29, 1.82) is 0 Å². The van der Waals surface area contributed by atoms with Crippen molar-refractivity contribution in [2.45, 2.75) is 24.2 Å².